The molecule has 0 radical (unpaired) electrons. The molecule has 1 aliphatic rings. The van der Waals surface area contributed by atoms with Crippen LogP contribution < -0.4 is 14.8 Å². The van der Waals surface area contributed by atoms with Crippen LogP contribution in [0.4, 0.5) is 5.95 Å². The molecule has 0 fully saturated rings. The molecular formula is C32H31BrCl2N4O4S. The lowest BCUT2D eigenvalue weighted by Gasteiger charge is -2.29. The summed E-state index contributed by atoms with van der Waals surface area (Å²) in [7, 11) is 0. The van der Waals surface area contributed by atoms with Crippen molar-refractivity contribution in [1.29, 1.82) is 0 Å². The summed E-state index contributed by atoms with van der Waals surface area (Å²) in [4.78, 5) is 18.2. The average molecular weight is 719 g/mol. The number of thioether (sulfide) groups is 1. The molecule has 0 bridgehead atoms. The fraction of sp³-hybridized carbons (Fsp3) is 0.281. The molecule has 0 amide bonds. The van der Waals surface area contributed by atoms with Gasteiger partial charge in [-0.25, -0.2) is 9.48 Å². The van der Waals surface area contributed by atoms with Crippen LogP contribution in [0.5, 0.6) is 11.5 Å². The molecule has 0 saturated carbocycles. The first kappa shape index (κ1) is 32.2. The number of nitrogens with zero attached hydrogens (tertiary/aromatic N) is 3. The van der Waals surface area contributed by atoms with Gasteiger partial charge >= 0.3 is 5.97 Å². The molecule has 0 saturated heterocycles. The van der Waals surface area contributed by atoms with Crippen molar-refractivity contribution >= 4 is 62.8 Å². The molecule has 8 nitrogen and oxygen atoms in total. The Morgan fingerprint density at radius 1 is 1.05 bits per heavy atom. The monoisotopic (exact) mass is 716 g/mol. The van der Waals surface area contributed by atoms with Crippen molar-refractivity contribution in [2.45, 2.75) is 50.8 Å². The summed E-state index contributed by atoms with van der Waals surface area (Å²) in [6.07, 6.45) is 0.699. The van der Waals surface area contributed by atoms with E-state index in [1.165, 1.54) is 11.8 Å². The minimum absolute atomic E-state index is 0.248. The highest BCUT2D eigenvalue weighted by Crippen LogP contribution is 2.44. The zero-order chi connectivity index (χ0) is 31.2. The van der Waals surface area contributed by atoms with Crippen molar-refractivity contribution in [3.63, 3.8) is 0 Å². The Balaban J connectivity index is 1.53. The second kappa shape index (κ2) is 14.7. The summed E-state index contributed by atoms with van der Waals surface area (Å²) in [5.41, 5.74) is 3.62. The molecule has 1 aliphatic heterocycles. The van der Waals surface area contributed by atoms with Gasteiger partial charge in [0.25, 0.3) is 0 Å². The molecule has 44 heavy (non-hydrogen) atoms. The quantitative estimate of drug-likeness (QED) is 0.115. The molecule has 230 valence electrons. The van der Waals surface area contributed by atoms with E-state index >= 15 is 0 Å². The third kappa shape index (κ3) is 7.20. The number of halogens is 3. The number of esters is 1. The van der Waals surface area contributed by atoms with E-state index in [-0.39, 0.29) is 6.61 Å². The van der Waals surface area contributed by atoms with Crippen molar-refractivity contribution in [3.8, 4) is 11.5 Å². The largest absolute Gasteiger partial charge is 0.490 e. The van der Waals surface area contributed by atoms with E-state index in [0.29, 0.717) is 73.8 Å². The van der Waals surface area contributed by atoms with E-state index in [0.717, 1.165) is 16.7 Å². The lowest BCUT2D eigenvalue weighted by molar-refractivity contribution is -0.139. The van der Waals surface area contributed by atoms with E-state index < -0.39 is 12.0 Å². The molecule has 1 atom stereocenters. The summed E-state index contributed by atoms with van der Waals surface area (Å²) in [6.45, 7) is 6.65. The van der Waals surface area contributed by atoms with Gasteiger partial charge in [0.2, 0.25) is 11.1 Å². The van der Waals surface area contributed by atoms with Crippen LogP contribution in [0, 0.1) is 0 Å². The molecule has 0 aliphatic carbocycles. The van der Waals surface area contributed by atoms with Gasteiger partial charge in [0.05, 0.1) is 23.3 Å². The van der Waals surface area contributed by atoms with Gasteiger partial charge in [0, 0.05) is 27.1 Å². The lowest BCUT2D eigenvalue weighted by Crippen LogP contribution is -2.30. The number of anilines is 1. The molecule has 4 aromatic rings. The molecule has 0 spiro atoms. The minimum Gasteiger partial charge on any atom is -0.490 e. The zero-order valence-corrected chi connectivity index (χ0v) is 28.3. The predicted molar refractivity (Wildman–Crippen MR) is 178 cm³/mol. The molecule has 12 heteroatoms. The molecule has 5 rings (SSSR count). The Labute approximate surface area is 279 Å². The highest BCUT2D eigenvalue weighted by atomic mass is 79.9. The van der Waals surface area contributed by atoms with Crippen LogP contribution in [0.2, 0.25) is 10.0 Å². The maximum atomic E-state index is 13.5. The van der Waals surface area contributed by atoms with Gasteiger partial charge in [0.1, 0.15) is 12.6 Å². The average Bonchev–Trinajstić information content (AvgIpc) is 3.41. The van der Waals surface area contributed by atoms with Crippen LogP contribution in [0.15, 0.2) is 81.6 Å². The van der Waals surface area contributed by atoms with Crippen LogP contribution in [-0.4, -0.2) is 33.9 Å². The van der Waals surface area contributed by atoms with Crippen LogP contribution in [0.3, 0.4) is 0 Å². The number of fused-ring (bicyclic) bond motifs is 1. The number of hydrogen-bond donors (Lipinski definition) is 1. The molecule has 2 heterocycles. The van der Waals surface area contributed by atoms with E-state index in [4.69, 9.17) is 47.5 Å². The first-order valence-corrected chi connectivity index (χ1v) is 16.6. The zero-order valence-electron chi connectivity index (χ0n) is 24.4. The van der Waals surface area contributed by atoms with Crippen molar-refractivity contribution in [1.82, 2.24) is 14.8 Å². The lowest BCUT2D eigenvalue weighted by atomic mass is 9.95. The molecule has 1 N–H and O–H groups in total. The maximum Gasteiger partial charge on any atom is 0.338 e. The summed E-state index contributed by atoms with van der Waals surface area (Å²) in [5, 5.41) is 9.93. The minimum atomic E-state index is -0.647. The van der Waals surface area contributed by atoms with Gasteiger partial charge in [-0.15, -0.1) is 5.10 Å². The fourth-order valence-electron chi connectivity index (χ4n) is 4.71. The number of rotatable bonds is 12. The van der Waals surface area contributed by atoms with Gasteiger partial charge in [-0.1, -0.05) is 78.3 Å². The van der Waals surface area contributed by atoms with Gasteiger partial charge in [-0.05, 0) is 71.6 Å². The maximum absolute atomic E-state index is 13.5. The summed E-state index contributed by atoms with van der Waals surface area (Å²) < 4.78 is 20.3. The Bertz CT molecular complexity index is 1700. The number of hydrogen-bond acceptors (Lipinski definition) is 8. The Hall–Kier alpha value is -3.18. The molecule has 3 aromatic carbocycles. The Morgan fingerprint density at radius 3 is 2.43 bits per heavy atom. The number of ether oxygens (including phenoxy) is 3. The molecular weight excluding hydrogens is 687 g/mol. The summed E-state index contributed by atoms with van der Waals surface area (Å²) in [5.74, 6) is 1.70. The Kier molecular flexibility index (Phi) is 10.8. The van der Waals surface area contributed by atoms with Crippen LogP contribution in [0.1, 0.15) is 49.9 Å². The standard InChI is InChI=1S/C32H31BrCl2N4O4S/c1-4-14-42-30(40)27-19(3)36-31-37-32(44-18-21-11-7-9-13-25(21)35)38-39(31)28(27)22-15-23(33)29(26(16-22)41-5-2)43-17-20-10-6-8-12-24(20)34/h6-13,15-16,28H,4-5,14,17-18H2,1-3H3,(H,36,37,38). The second-order valence-electron chi connectivity index (χ2n) is 9.89. The first-order valence-electron chi connectivity index (χ1n) is 14.1. The van der Waals surface area contributed by atoms with Gasteiger partial charge < -0.3 is 19.5 Å². The number of benzene rings is 3. The highest BCUT2D eigenvalue weighted by Gasteiger charge is 2.36. The SMILES string of the molecule is CCCOC(=O)C1=C(C)Nc2nc(SCc3ccccc3Cl)nn2C1c1cc(Br)c(OCc2ccccc2Cl)c(OCC)c1. The number of carbonyl (C=O) groups excluding carboxylic acids is 1. The smallest absolute Gasteiger partial charge is 0.338 e. The van der Waals surface area contributed by atoms with Gasteiger partial charge in [-0.3, -0.25) is 0 Å². The number of carbonyl (C=O) groups is 1. The second-order valence-corrected chi connectivity index (χ2v) is 12.5. The van der Waals surface area contributed by atoms with Crippen molar-refractivity contribution in [3.05, 3.63) is 103 Å². The van der Waals surface area contributed by atoms with E-state index in [1.54, 1.807) is 4.68 Å². The fourth-order valence-corrected chi connectivity index (χ4v) is 6.59. The van der Waals surface area contributed by atoms with Gasteiger partial charge in [-0.2, -0.15) is 4.98 Å². The van der Waals surface area contributed by atoms with Crippen LogP contribution in [-0.2, 0) is 21.9 Å². The van der Waals surface area contributed by atoms with Crippen LogP contribution in [0.25, 0.3) is 0 Å². The van der Waals surface area contributed by atoms with Gasteiger partial charge in [0.15, 0.2) is 11.5 Å². The van der Waals surface area contributed by atoms with E-state index in [9.17, 15) is 4.79 Å². The molecule has 1 unspecified atom stereocenters. The highest BCUT2D eigenvalue weighted by molar-refractivity contribution is 9.10. The number of allylic oxidation sites excluding steroid dienone is 1. The normalized spacial score (nSPS) is 14.2. The van der Waals surface area contributed by atoms with Crippen molar-refractivity contribution in [2.24, 2.45) is 0 Å². The van der Waals surface area contributed by atoms with E-state index in [2.05, 4.69) is 21.2 Å². The predicted octanol–water partition coefficient (Wildman–Crippen LogP) is 8.86. The van der Waals surface area contributed by atoms with Crippen molar-refractivity contribution in [2.75, 3.05) is 18.5 Å². The first-order chi connectivity index (χ1) is 21.3. The van der Waals surface area contributed by atoms with Crippen LogP contribution >= 0.6 is 50.9 Å². The number of aromatic nitrogens is 3. The van der Waals surface area contributed by atoms with E-state index in [1.807, 2.05) is 81.4 Å². The Morgan fingerprint density at radius 2 is 1.75 bits per heavy atom. The summed E-state index contributed by atoms with van der Waals surface area (Å²) >= 11 is 17.9. The number of nitrogens with one attached hydrogen (secondary N) is 1. The topological polar surface area (TPSA) is 87.5 Å². The van der Waals surface area contributed by atoms with Crippen molar-refractivity contribution < 1.29 is 19.0 Å². The molecule has 1 aromatic heterocycles. The third-order valence-electron chi connectivity index (χ3n) is 6.78. The summed E-state index contributed by atoms with van der Waals surface area (Å²) in [6, 6.07) is 18.3. The third-order valence-corrected chi connectivity index (χ3v) is 9.00.